The minimum Gasteiger partial charge on any atom is -0.338 e. The van der Waals surface area contributed by atoms with Crippen LogP contribution in [0.4, 0.5) is 4.79 Å². The number of urea groups is 1. The number of carbonyl (C=O) groups is 2. The Balaban J connectivity index is 2.50. The Morgan fingerprint density at radius 1 is 1.37 bits per heavy atom. The molecule has 4 N–H and O–H groups in total. The van der Waals surface area contributed by atoms with E-state index in [0.717, 1.165) is 0 Å². The van der Waals surface area contributed by atoms with Gasteiger partial charge in [0.05, 0.1) is 12.3 Å². The highest BCUT2D eigenvalue weighted by Crippen LogP contribution is 2.16. The Morgan fingerprint density at radius 2 is 2.11 bits per heavy atom. The summed E-state index contributed by atoms with van der Waals surface area (Å²) in [5, 5.41) is 13.2. The summed E-state index contributed by atoms with van der Waals surface area (Å²) in [5.41, 5.74) is 5.53. The fraction of sp³-hybridized carbons (Fsp3) is 0.600. The van der Waals surface area contributed by atoms with Crippen LogP contribution in [0.2, 0.25) is 0 Å². The predicted molar refractivity (Wildman–Crippen MR) is 71.5 cm³/mol. The third kappa shape index (κ3) is 4.52. The first-order valence-electron chi connectivity index (χ1n) is 5.94. The molecule has 9 heteroatoms. The largest absolute Gasteiger partial charge is 0.338 e. The molecule has 0 radical (unpaired) electrons. The molecule has 0 unspecified atom stereocenters. The van der Waals surface area contributed by atoms with Crippen molar-refractivity contribution in [3.8, 4) is 0 Å². The van der Waals surface area contributed by atoms with E-state index in [0.29, 0.717) is 30.6 Å². The third-order valence-corrected chi connectivity index (χ3v) is 3.18. The highest BCUT2D eigenvalue weighted by atomic mass is 32.2. The van der Waals surface area contributed by atoms with Crippen LogP contribution >= 0.6 is 11.8 Å². The third-order valence-electron chi connectivity index (χ3n) is 2.21. The van der Waals surface area contributed by atoms with E-state index in [4.69, 9.17) is 5.73 Å². The highest BCUT2D eigenvalue weighted by Gasteiger charge is 2.13. The van der Waals surface area contributed by atoms with E-state index in [1.165, 1.54) is 11.8 Å². The zero-order chi connectivity index (χ0) is 14.3. The SMILES string of the molecule is CCNC(=O)NC(=O)CSc1nnc(CN)n1CC. The summed E-state index contributed by atoms with van der Waals surface area (Å²) in [6.45, 7) is 5.17. The summed E-state index contributed by atoms with van der Waals surface area (Å²) < 4.78 is 1.84. The Morgan fingerprint density at radius 3 is 2.68 bits per heavy atom. The summed E-state index contributed by atoms with van der Waals surface area (Å²) in [7, 11) is 0. The molecule has 0 saturated carbocycles. The molecule has 1 rings (SSSR count). The first-order chi connectivity index (χ1) is 9.12. The van der Waals surface area contributed by atoms with E-state index in [1.54, 1.807) is 6.92 Å². The van der Waals surface area contributed by atoms with Gasteiger partial charge in [0, 0.05) is 13.1 Å². The Hall–Kier alpha value is -1.61. The van der Waals surface area contributed by atoms with Gasteiger partial charge in [-0.05, 0) is 13.8 Å². The van der Waals surface area contributed by atoms with Crippen LogP contribution < -0.4 is 16.4 Å². The molecule has 8 nitrogen and oxygen atoms in total. The van der Waals surface area contributed by atoms with Crippen LogP contribution in [0.15, 0.2) is 5.16 Å². The van der Waals surface area contributed by atoms with E-state index < -0.39 is 6.03 Å². The maximum absolute atomic E-state index is 11.5. The molecule has 19 heavy (non-hydrogen) atoms. The molecule has 0 saturated heterocycles. The molecule has 0 aliphatic rings. The summed E-state index contributed by atoms with van der Waals surface area (Å²) in [6.07, 6.45) is 0. The smallest absolute Gasteiger partial charge is 0.321 e. The molecule has 0 bridgehead atoms. The van der Waals surface area contributed by atoms with Gasteiger partial charge >= 0.3 is 6.03 Å². The monoisotopic (exact) mass is 286 g/mol. The lowest BCUT2D eigenvalue weighted by Gasteiger charge is -2.06. The predicted octanol–water partition coefficient (Wildman–Crippen LogP) is -0.305. The zero-order valence-corrected chi connectivity index (χ0v) is 11.8. The van der Waals surface area contributed by atoms with Gasteiger partial charge in [-0.15, -0.1) is 10.2 Å². The van der Waals surface area contributed by atoms with Gasteiger partial charge in [0.2, 0.25) is 5.91 Å². The lowest BCUT2D eigenvalue weighted by atomic mass is 10.6. The maximum Gasteiger partial charge on any atom is 0.321 e. The van der Waals surface area contributed by atoms with E-state index in [9.17, 15) is 9.59 Å². The number of rotatable bonds is 6. The molecule has 1 heterocycles. The standard InChI is InChI=1S/C10H18N6O2S/c1-3-12-9(18)13-8(17)6-19-10-15-14-7(5-11)16(10)4-2/h3-6,11H2,1-2H3,(H2,12,13,17,18). The molecule has 0 atom stereocenters. The molecule has 0 aromatic carbocycles. The van der Waals surface area contributed by atoms with Crippen molar-refractivity contribution in [1.29, 1.82) is 0 Å². The molecular weight excluding hydrogens is 268 g/mol. The number of thioether (sulfide) groups is 1. The normalized spacial score (nSPS) is 10.3. The summed E-state index contributed by atoms with van der Waals surface area (Å²) in [5.74, 6) is 0.393. The number of nitrogens with zero attached hydrogens (tertiary/aromatic N) is 3. The number of hydrogen-bond donors (Lipinski definition) is 3. The van der Waals surface area contributed by atoms with Crippen molar-refractivity contribution in [1.82, 2.24) is 25.4 Å². The van der Waals surface area contributed by atoms with Crippen LogP contribution in [0.25, 0.3) is 0 Å². The number of nitrogens with one attached hydrogen (secondary N) is 2. The molecule has 0 aliphatic carbocycles. The van der Waals surface area contributed by atoms with Crippen LogP contribution in [0.1, 0.15) is 19.7 Å². The average Bonchev–Trinajstić information content (AvgIpc) is 2.78. The Bertz CT molecular complexity index is 447. The van der Waals surface area contributed by atoms with Gasteiger partial charge in [0.25, 0.3) is 0 Å². The van der Waals surface area contributed by atoms with E-state index >= 15 is 0 Å². The van der Waals surface area contributed by atoms with Crippen molar-refractivity contribution in [2.24, 2.45) is 5.73 Å². The molecule has 106 valence electrons. The van der Waals surface area contributed by atoms with E-state index in [1.807, 2.05) is 11.5 Å². The van der Waals surface area contributed by atoms with Gasteiger partial charge < -0.3 is 15.6 Å². The molecule has 1 aromatic rings. The number of carbonyl (C=O) groups excluding carboxylic acids is 2. The average molecular weight is 286 g/mol. The van der Waals surface area contributed by atoms with Gasteiger partial charge in [-0.25, -0.2) is 4.79 Å². The first kappa shape index (κ1) is 15.4. The molecule has 0 spiro atoms. The molecule has 0 aliphatic heterocycles. The lowest BCUT2D eigenvalue weighted by molar-refractivity contribution is -0.117. The van der Waals surface area contributed by atoms with Crippen LogP contribution in [0.5, 0.6) is 0 Å². The maximum atomic E-state index is 11.5. The second kappa shape index (κ2) is 7.74. The van der Waals surface area contributed by atoms with Gasteiger partial charge in [0.1, 0.15) is 5.82 Å². The van der Waals surface area contributed by atoms with Crippen molar-refractivity contribution in [3.63, 3.8) is 0 Å². The molecular formula is C10H18N6O2S. The van der Waals surface area contributed by atoms with Crippen molar-refractivity contribution < 1.29 is 9.59 Å². The topological polar surface area (TPSA) is 115 Å². The van der Waals surface area contributed by atoms with Crippen LogP contribution in [0.3, 0.4) is 0 Å². The highest BCUT2D eigenvalue weighted by molar-refractivity contribution is 7.99. The second-order valence-corrected chi connectivity index (χ2v) is 4.49. The van der Waals surface area contributed by atoms with Gasteiger partial charge in [-0.1, -0.05) is 11.8 Å². The van der Waals surface area contributed by atoms with E-state index in [2.05, 4.69) is 20.8 Å². The minimum absolute atomic E-state index is 0.0971. The number of aromatic nitrogens is 3. The van der Waals surface area contributed by atoms with Gasteiger partial charge in [0.15, 0.2) is 5.16 Å². The number of nitrogens with two attached hydrogens (primary N) is 1. The molecule has 1 aromatic heterocycles. The summed E-state index contributed by atoms with van der Waals surface area (Å²) >= 11 is 1.22. The molecule has 3 amide bonds. The van der Waals surface area contributed by atoms with Crippen molar-refractivity contribution in [2.75, 3.05) is 12.3 Å². The quantitative estimate of drug-likeness (QED) is 0.618. The summed E-state index contributed by atoms with van der Waals surface area (Å²) in [4.78, 5) is 22.6. The fourth-order valence-corrected chi connectivity index (χ4v) is 2.21. The zero-order valence-electron chi connectivity index (χ0n) is 11.0. The van der Waals surface area contributed by atoms with E-state index in [-0.39, 0.29) is 11.7 Å². The Labute approximate surface area is 115 Å². The van der Waals surface area contributed by atoms with Gasteiger partial charge in [-0.2, -0.15) is 0 Å². The van der Waals surface area contributed by atoms with Crippen LogP contribution in [0, 0.1) is 0 Å². The van der Waals surface area contributed by atoms with Crippen LogP contribution in [-0.4, -0.2) is 39.0 Å². The molecule has 0 fully saturated rings. The number of imide groups is 1. The fourth-order valence-electron chi connectivity index (χ4n) is 1.39. The lowest BCUT2D eigenvalue weighted by Crippen LogP contribution is -2.40. The van der Waals surface area contributed by atoms with Crippen molar-refractivity contribution >= 4 is 23.7 Å². The van der Waals surface area contributed by atoms with Crippen molar-refractivity contribution in [2.45, 2.75) is 32.1 Å². The second-order valence-electron chi connectivity index (χ2n) is 3.54. The van der Waals surface area contributed by atoms with Gasteiger partial charge in [-0.3, -0.25) is 10.1 Å². The van der Waals surface area contributed by atoms with Crippen molar-refractivity contribution in [3.05, 3.63) is 5.82 Å². The number of amides is 3. The minimum atomic E-state index is -0.493. The van der Waals surface area contributed by atoms with Crippen LogP contribution in [-0.2, 0) is 17.9 Å². The Kier molecular flexibility index (Phi) is 6.30. The number of hydrogen-bond acceptors (Lipinski definition) is 6. The first-order valence-corrected chi connectivity index (χ1v) is 6.93. The summed E-state index contributed by atoms with van der Waals surface area (Å²) in [6, 6.07) is -0.493.